The average Bonchev–Trinajstić information content (AvgIpc) is 1.99. The van der Waals surface area contributed by atoms with Crippen LogP contribution in [-0.4, -0.2) is 0 Å². The second kappa shape index (κ2) is 4.07. The van der Waals surface area contributed by atoms with Crippen molar-refractivity contribution in [3.05, 3.63) is 23.8 Å². The molecule has 59 valence electrons. The molecule has 0 aliphatic rings. The molecule has 0 heterocycles. The van der Waals surface area contributed by atoms with Gasteiger partial charge in [0.15, 0.2) is 0 Å². The predicted octanol–water partition coefficient (Wildman–Crippen LogP) is 3.02. The summed E-state index contributed by atoms with van der Waals surface area (Å²) in [5, 5.41) is 0. The first kappa shape index (κ1) is 9.01. The van der Waals surface area contributed by atoms with E-state index in [2.05, 4.69) is 38.2 Å². The molecule has 1 radical (unpaired) electrons. The molecule has 0 bridgehead atoms. The molecule has 11 heavy (non-hydrogen) atoms. The van der Waals surface area contributed by atoms with Gasteiger partial charge in [0.05, 0.1) is 0 Å². The Labute approximate surface area is 78.8 Å². The van der Waals surface area contributed by atoms with Gasteiger partial charge >= 0.3 is 0 Å². The zero-order chi connectivity index (χ0) is 8.27. The highest BCUT2D eigenvalue weighted by atomic mass is 32.1. The SMILES string of the molecule is CCCc1cc[c]c(S)c1S. The molecule has 0 aliphatic carbocycles. The third-order valence-electron chi connectivity index (χ3n) is 1.55. The monoisotopic (exact) mass is 183 g/mol. The molecule has 1 aromatic carbocycles. The minimum absolute atomic E-state index is 0.847. The van der Waals surface area contributed by atoms with Crippen LogP contribution in [0.3, 0.4) is 0 Å². The van der Waals surface area contributed by atoms with Crippen LogP contribution in [0, 0.1) is 6.07 Å². The summed E-state index contributed by atoms with van der Waals surface area (Å²) in [6.07, 6.45) is 2.21. The van der Waals surface area contributed by atoms with Gasteiger partial charge in [-0.3, -0.25) is 0 Å². The van der Waals surface area contributed by atoms with E-state index in [-0.39, 0.29) is 0 Å². The summed E-state index contributed by atoms with van der Waals surface area (Å²) in [6, 6.07) is 6.93. The summed E-state index contributed by atoms with van der Waals surface area (Å²) in [5.74, 6) is 0. The van der Waals surface area contributed by atoms with Gasteiger partial charge in [-0.15, -0.1) is 25.3 Å². The van der Waals surface area contributed by atoms with E-state index in [9.17, 15) is 0 Å². The summed E-state index contributed by atoms with van der Waals surface area (Å²) in [4.78, 5) is 1.82. The Hall–Kier alpha value is -0.0800. The first-order valence-electron chi connectivity index (χ1n) is 3.67. The third-order valence-corrected chi connectivity index (χ3v) is 2.59. The molecule has 0 unspecified atom stereocenters. The number of hydrogen-bond donors (Lipinski definition) is 2. The van der Waals surface area contributed by atoms with E-state index in [1.807, 2.05) is 12.1 Å². The molecule has 1 aromatic rings. The first-order valence-corrected chi connectivity index (χ1v) is 4.56. The number of thiol groups is 2. The van der Waals surface area contributed by atoms with Crippen molar-refractivity contribution in [2.45, 2.75) is 29.6 Å². The van der Waals surface area contributed by atoms with Crippen molar-refractivity contribution in [1.29, 1.82) is 0 Å². The lowest BCUT2D eigenvalue weighted by Gasteiger charge is -2.03. The van der Waals surface area contributed by atoms with Crippen LogP contribution >= 0.6 is 25.3 Å². The summed E-state index contributed by atoms with van der Waals surface area (Å²) < 4.78 is 0. The zero-order valence-corrected chi connectivity index (χ0v) is 8.25. The van der Waals surface area contributed by atoms with E-state index in [1.165, 1.54) is 5.56 Å². The molecule has 0 saturated carbocycles. The van der Waals surface area contributed by atoms with Gasteiger partial charge in [-0.1, -0.05) is 25.5 Å². The molecule has 0 aliphatic heterocycles. The fourth-order valence-electron chi connectivity index (χ4n) is 0.992. The Balaban J connectivity index is 2.96. The van der Waals surface area contributed by atoms with Crippen LogP contribution in [0.2, 0.25) is 0 Å². The average molecular weight is 183 g/mol. The second-order valence-corrected chi connectivity index (χ2v) is 3.34. The normalized spacial score (nSPS) is 10.1. The van der Waals surface area contributed by atoms with Crippen LogP contribution in [0.25, 0.3) is 0 Å². The maximum Gasteiger partial charge on any atom is 0.0256 e. The van der Waals surface area contributed by atoms with Gasteiger partial charge < -0.3 is 0 Å². The third kappa shape index (κ3) is 2.17. The van der Waals surface area contributed by atoms with Crippen LogP contribution < -0.4 is 0 Å². The van der Waals surface area contributed by atoms with Crippen molar-refractivity contribution in [1.82, 2.24) is 0 Å². The first-order chi connectivity index (χ1) is 5.25. The minimum atomic E-state index is 0.847. The Morgan fingerprint density at radius 3 is 2.82 bits per heavy atom. The fraction of sp³-hybridized carbons (Fsp3) is 0.333. The Morgan fingerprint density at radius 2 is 2.18 bits per heavy atom. The molecule has 0 amide bonds. The predicted molar refractivity (Wildman–Crippen MR) is 53.8 cm³/mol. The number of hydrogen-bond acceptors (Lipinski definition) is 2. The van der Waals surface area contributed by atoms with Crippen LogP contribution in [0.5, 0.6) is 0 Å². The van der Waals surface area contributed by atoms with E-state index in [0.717, 1.165) is 22.6 Å². The van der Waals surface area contributed by atoms with Gasteiger partial charge in [-0.25, -0.2) is 0 Å². The van der Waals surface area contributed by atoms with Crippen molar-refractivity contribution in [2.24, 2.45) is 0 Å². The van der Waals surface area contributed by atoms with Crippen molar-refractivity contribution in [3.63, 3.8) is 0 Å². The molecule has 1 rings (SSSR count). The van der Waals surface area contributed by atoms with E-state index in [4.69, 9.17) is 0 Å². The molecule has 0 atom stereocenters. The number of rotatable bonds is 2. The quantitative estimate of drug-likeness (QED) is 0.647. The topological polar surface area (TPSA) is 0 Å². The lowest BCUT2D eigenvalue weighted by Crippen LogP contribution is -1.86. The summed E-state index contributed by atoms with van der Waals surface area (Å²) in [7, 11) is 0. The second-order valence-electron chi connectivity index (χ2n) is 2.45. The molecule has 0 N–H and O–H groups in total. The van der Waals surface area contributed by atoms with Crippen LogP contribution in [-0.2, 0) is 6.42 Å². The Kier molecular flexibility index (Phi) is 3.34. The van der Waals surface area contributed by atoms with E-state index in [1.54, 1.807) is 0 Å². The minimum Gasteiger partial charge on any atom is -0.142 e. The Bertz CT molecular complexity index is 243. The van der Waals surface area contributed by atoms with Gasteiger partial charge in [-0.05, 0) is 18.1 Å². The standard InChI is InChI=1S/C9H11S2/c1-2-4-7-5-3-6-8(10)9(7)11/h3,5,10-11H,2,4H2,1H3. The molecule has 0 spiro atoms. The number of aryl methyl sites for hydroxylation is 1. The van der Waals surface area contributed by atoms with E-state index >= 15 is 0 Å². The molecule has 0 saturated heterocycles. The van der Waals surface area contributed by atoms with Gasteiger partial charge in [0.1, 0.15) is 0 Å². The summed E-state index contributed by atoms with van der Waals surface area (Å²) in [5.41, 5.74) is 1.26. The fourth-order valence-corrected chi connectivity index (χ4v) is 1.46. The van der Waals surface area contributed by atoms with E-state index in [0.29, 0.717) is 0 Å². The van der Waals surface area contributed by atoms with Gasteiger partial charge in [-0.2, -0.15) is 0 Å². The Morgan fingerprint density at radius 1 is 1.45 bits per heavy atom. The molecule has 0 aromatic heterocycles. The lowest BCUT2D eigenvalue weighted by molar-refractivity contribution is 0.889. The maximum absolute atomic E-state index is 4.34. The summed E-state index contributed by atoms with van der Waals surface area (Å²) >= 11 is 8.57. The van der Waals surface area contributed by atoms with Crippen molar-refractivity contribution in [2.75, 3.05) is 0 Å². The molecular weight excluding hydrogens is 172 g/mol. The smallest absolute Gasteiger partial charge is 0.0256 e. The highest BCUT2D eigenvalue weighted by Crippen LogP contribution is 2.22. The highest BCUT2D eigenvalue weighted by Gasteiger charge is 1.99. The van der Waals surface area contributed by atoms with Crippen molar-refractivity contribution < 1.29 is 0 Å². The molecule has 0 fully saturated rings. The summed E-state index contributed by atoms with van der Waals surface area (Å²) in [6.45, 7) is 2.15. The molecule has 0 nitrogen and oxygen atoms in total. The van der Waals surface area contributed by atoms with Crippen LogP contribution in [0.15, 0.2) is 21.9 Å². The lowest BCUT2D eigenvalue weighted by atomic mass is 10.1. The van der Waals surface area contributed by atoms with Crippen LogP contribution in [0.4, 0.5) is 0 Å². The van der Waals surface area contributed by atoms with Gasteiger partial charge in [0.25, 0.3) is 0 Å². The largest absolute Gasteiger partial charge is 0.142 e. The van der Waals surface area contributed by atoms with Crippen molar-refractivity contribution >= 4 is 25.3 Å². The zero-order valence-electron chi connectivity index (χ0n) is 6.46. The maximum atomic E-state index is 4.34. The van der Waals surface area contributed by atoms with Gasteiger partial charge in [0.2, 0.25) is 0 Å². The van der Waals surface area contributed by atoms with Gasteiger partial charge in [0, 0.05) is 9.79 Å². The molecule has 2 heteroatoms. The number of benzene rings is 1. The van der Waals surface area contributed by atoms with Crippen LogP contribution in [0.1, 0.15) is 18.9 Å². The van der Waals surface area contributed by atoms with E-state index < -0.39 is 0 Å². The van der Waals surface area contributed by atoms with Crippen molar-refractivity contribution in [3.8, 4) is 0 Å². The highest BCUT2D eigenvalue weighted by molar-refractivity contribution is 7.83. The molecular formula is C9H11S2.